The number of anilines is 2. The number of halogens is 1. The fraction of sp³-hybridized carbons (Fsp3) is 0.321. The molecule has 0 saturated heterocycles. The highest BCUT2D eigenvalue weighted by molar-refractivity contribution is 6.34. The molecule has 0 radical (unpaired) electrons. The molecule has 0 spiro atoms. The Balaban J connectivity index is 1.53. The van der Waals surface area contributed by atoms with Gasteiger partial charge in [0.25, 0.3) is 17.7 Å². The monoisotopic (exact) mass is 568 g/mol. The first-order chi connectivity index (χ1) is 18.7. The van der Waals surface area contributed by atoms with E-state index in [9.17, 15) is 19.2 Å². The normalized spacial score (nSPS) is 11.3. The Bertz CT molecular complexity index is 1380. The van der Waals surface area contributed by atoms with Crippen LogP contribution in [0.3, 0.4) is 0 Å². The van der Waals surface area contributed by atoms with Crippen LogP contribution in [0.2, 0.25) is 5.02 Å². The Morgan fingerprint density at radius 3 is 2.08 bits per heavy atom. The standard InChI is InChI=1S/C28H33ClN6O5/c1-27(2,3)40-26(39)35-28(4,5)14-15-30-24(37)21-22(32-16-31-21)25(38)34-18-12-10-17(11-13-18)33-23(36)19-8-6-7-9-20(19)29/h6-13,16H,14-15H2,1-5H3,(H,30,37)(H,31,32)(H,33,36)(H,34,38)(H,35,39). The third kappa shape index (κ3) is 8.84. The Morgan fingerprint density at radius 2 is 1.48 bits per heavy atom. The number of nitrogens with zero attached hydrogens (tertiary/aromatic N) is 1. The molecule has 2 aromatic carbocycles. The minimum Gasteiger partial charge on any atom is -0.444 e. The van der Waals surface area contributed by atoms with Gasteiger partial charge in [-0.25, -0.2) is 9.78 Å². The molecular weight excluding hydrogens is 536 g/mol. The lowest BCUT2D eigenvalue weighted by molar-refractivity contribution is 0.0468. The highest BCUT2D eigenvalue weighted by atomic mass is 35.5. The van der Waals surface area contributed by atoms with Gasteiger partial charge in [0.2, 0.25) is 0 Å². The summed E-state index contributed by atoms with van der Waals surface area (Å²) in [5.41, 5.74) is -0.0754. The first kappa shape index (κ1) is 30.2. The number of hydrogen-bond donors (Lipinski definition) is 5. The number of H-pyrrole nitrogens is 1. The summed E-state index contributed by atoms with van der Waals surface area (Å²) in [7, 11) is 0. The predicted molar refractivity (Wildman–Crippen MR) is 153 cm³/mol. The second-order valence-electron chi connectivity index (χ2n) is 10.6. The lowest BCUT2D eigenvalue weighted by atomic mass is 10.0. The van der Waals surface area contributed by atoms with E-state index in [0.29, 0.717) is 28.4 Å². The van der Waals surface area contributed by atoms with Gasteiger partial charge in [0, 0.05) is 23.5 Å². The van der Waals surface area contributed by atoms with Crippen molar-refractivity contribution < 1.29 is 23.9 Å². The van der Waals surface area contributed by atoms with Crippen molar-refractivity contribution in [1.29, 1.82) is 0 Å². The van der Waals surface area contributed by atoms with Crippen molar-refractivity contribution in [2.45, 2.75) is 52.2 Å². The molecule has 0 fully saturated rings. The summed E-state index contributed by atoms with van der Waals surface area (Å²) in [5.74, 6) is -1.47. The number of rotatable bonds is 9. The molecule has 0 bridgehead atoms. The summed E-state index contributed by atoms with van der Waals surface area (Å²) >= 11 is 6.07. The van der Waals surface area contributed by atoms with Gasteiger partial charge in [0.1, 0.15) is 11.3 Å². The van der Waals surface area contributed by atoms with Crippen molar-refractivity contribution in [1.82, 2.24) is 20.6 Å². The minimum absolute atomic E-state index is 0.000897. The summed E-state index contributed by atoms with van der Waals surface area (Å²) < 4.78 is 5.28. The fourth-order valence-corrected chi connectivity index (χ4v) is 3.75. The second kappa shape index (κ2) is 12.6. The van der Waals surface area contributed by atoms with E-state index in [-0.39, 0.29) is 23.8 Å². The lowest BCUT2D eigenvalue weighted by Crippen LogP contribution is -2.47. The van der Waals surface area contributed by atoms with Gasteiger partial charge in [-0.15, -0.1) is 0 Å². The number of imidazole rings is 1. The Kier molecular flexibility index (Phi) is 9.54. The van der Waals surface area contributed by atoms with Crippen molar-refractivity contribution in [2.24, 2.45) is 0 Å². The molecule has 1 heterocycles. The Hall–Kier alpha value is -4.38. The molecule has 0 aliphatic carbocycles. The summed E-state index contributed by atoms with van der Waals surface area (Å²) in [6.07, 6.45) is 1.12. The zero-order valence-electron chi connectivity index (χ0n) is 23.0. The van der Waals surface area contributed by atoms with Crippen LogP contribution in [0.25, 0.3) is 0 Å². The van der Waals surface area contributed by atoms with E-state index in [1.165, 1.54) is 6.33 Å². The quantitative estimate of drug-likeness (QED) is 0.245. The van der Waals surface area contributed by atoms with Crippen molar-refractivity contribution >= 4 is 46.8 Å². The second-order valence-corrected chi connectivity index (χ2v) is 11.0. The van der Waals surface area contributed by atoms with Gasteiger partial charge in [-0.1, -0.05) is 23.7 Å². The van der Waals surface area contributed by atoms with Crippen LogP contribution in [0, 0.1) is 0 Å². The maximum Gasteiger partial charge on any atom is 0.408 e. The third-order valence-electron chi connectivity index (χ3n) is 5.48. The summed E-state index contributed by atoms with van der Waals surface area (Å²) in [6, 6.07) is 13.1. The van der Waals surface area contributed by atoms with E-state index in [4.69, 9.17) is 16.3 Å². The van der Waals surface area contributed by atoms with Crippen LogP contribution in [0.15, 0.2) is 54.9 Å². The highest BCUT2D eigenvalue weighted by Crippen LogP contribution is 2.19. The molecule has 3 rings (SSSR count). The average Bonchev–Trinajstić information content (AvgIpc) is 3.34. The third-order valence-corrected chi connectivity index (χ3v) is 5.81. The number of carbonyl (C=O) groups is 4. The maximum atomic E-state index is 12.8. The smallest absolute Gasteiger partial charge is 0.408 e. The molecule has 0 saturated carbocycles. The van der Waals surface area contributed by atoms with E-state index in [1.807, 2.05) is 13.8 Å². The molecule has 0 aliphatic heterocycles. The van der Waals surface area contributed by atoms with Gasteiger partial charge in [-0.3, -0.25) is 14.4 Å². The molecule has 1 aromatic heterocycles. The Labute approximate surface area is 237 Å². The maximum absolute atomic E-state index is 12.8. The number of ether oxygens (including phenoxy) is 1. The SMILES string of the molecule is CC(C)(CCNC(=O)c1[nH]cnc1C(=O)Nc1ccc(NC(=O)c2ccccc2Cl)cc1)NC(=O)OC(C)(C)C. The van der Waals surface area contributed by atoms with Crippen LogP contribution < -0.4 is 21.3 Å². The number of aromatic nitrogens is 2. The molecule has 0 unspecified atom stereocenters. The molecule has 0 atom stereocenters. The zero-order chi connectivity index (χ0) is 29.5. The summed E-state index contributed by atoms with van der Waals surface area (Å²) in [6.45, 7) is 9.17. The number of nitrogens with one attached hydrogen (secondary N) is 5. The van der Waals surface area contributed by atoms with Gasteiger partial charge in [0.15, 0.2) is 5.69 Å². The summed E-state index contributed by atoms with van der Waals surface area (Å²) in [4.78, 5) is 56.8. The molecular formula is C28H33ClN6O5. The average molecular weight is 569 g/mol. The number of hydrogen-bond acceptors (Lipinski definition) is 6. The van der Waals surface area contributed by atoms with Crippen LogP contribution >= 0.6 is 11.6 Å². The van der Waals surface area contributed by atoms with Gasteiger partial charge in [0.05, 0.1) is 16.9 Å². The van der Waals surface area contributed by atoms with Crippen LogP contribution in [0.5, 0.6) is 0 Å². The first-order valence-corrected chi connectivity index (χ1v) is 12.9. The molecule has 4 amide bonds. The molecule has 212 valence electrons. The molecule has 11 nitrogen and oxygen atoms in total. The van der Waals surface area contributed by atoms with Crippen molar-refractivity contribution in [3.05, 3.63) is 76.8 Å². The van der Waals surface area contributed by atoms with E-state index < -0.39 is 29.0 Å². The highest BCUT2D eigenvalue weighted by Gasteiger charge is 2.25. The molecule has 5 N–H and O–H groups in total. The van der Waals surface area contributed by atoms with E-state index in [0.717, 1.165) is 0 Å². The van der Waals surface area contributed by atoms with Crippen LogP contribution in [-0.4, -0.2) is 51.5 Å². The molecule has 40 heavy (non-hydrogen) atoms. The molecule has 3 aromatic rings. The van der Waals surface area contributed by atoms with E-state index in [1.54, 1.807) is 69.3 Å². The molecule has 0 aliphatic rings. The van der Waals surface area contributed by atoms with Gasteiger partial charge in [-0.05, 0) is 77.4 Å². The van der Waals surface area contributed by atoms with E-state index in [2.05, 4.69) is 31.2 Å². The topological polar surface area (TPSA) is 154 Å². The minimum atomic E-state index is -0.650. The lowest BCUT2D eigenvalue weighted by Gasteiger charge is -2.28. The van der Waals surface area contributed by atoms with E-state index >= 15 is 0 Å². The number of aromatic amines is 1. The van der Waals surface area contributed by atoms with Crippen molar-refractivity contribution in [3.63, 3.8) is 0 Å². The largest absolute Gasteiger partial charge is 0.444 e. The first-order valence-electron chi connectivity index (χ1n) is 12.5. The zero-order valence-corrected chi connectivity index (χ0v) is 23.7. The van der Waals surface area contributed by atoms with Gasteiger partial charge >= 0.3 is 6.09 Å². The number of amides is 4. The fourth-order valence-electron chi connectivity index (χ4n) is 3.53. The van der Waals surface area contributed by atoms with Gasteiger partial charge in [-0.2, -0.15) is 0 Å². The number of alkyl carbamates (subject to hydrolysis) is 1. The van der Waals surface area contributed by atoms with Crippen molar-refractivity contribution in [2.75, 3.05) is 17.2 Å². The van der Waals surface area contributed by atoms with Gasteiger partial charge < -0.3 is 31.0 Å². The van der Waals surface area contributed by atoms with Crippen LogP contribution in [0.1, 0.15) is 72.4 Å². The number of benzene rings is 2. The number of carbonyl (C=O) groups excluding carboxylic acids is 4. The Morgan fingerprint density at radius 1 is 0.875 bits per heavy atom. The predicted octanol–water partition coefficient (Wildman–Crippen LogP) is 4.99. The van der Waals surface area contributed by atoms with Crippen LogP contribution in [0.4, 0.5) is 16.2 Å². The molecule has 12 heteroatoms. The van der Waals surface area contributed by atoms with Crippen LogP contribution in [-0.2, 0) is 4.74 Å². The van der Waals surface area contributed by atoms with Crippen molar-refractivity contribution in [3.8, 4) is 0 Å². The summed E-state index contributed by atoms with van der Waals surface area (Å²) in [5, 5.41) is 11.3.